The molecule has 4 heterocycles. The molecule has 5 rings (SSSR count). The van der Waals surface area contributed by atoms with Crippen LogP contribution in [0.3, 0.4) is 0 Å². The van der Waals surface area contributed by atoms with Crippen molar-refractivity contribution < 1.29 is 0 Å². The predicted molar refractivity (Wildman–Crippen MR) is 125 cm³/mol. The third-order valence-electron chi connectivity index (χ3n) is 5.84. The minimum Gasteiger partial charge on any atom is -0.367 e. The number of rotatable bonds is 4. The molecule has 0 atom stereocenters. The second-order valence-corrected chi connectivity index (χ2v) is 7.94. The molecule has 0 radical (unpaired) electrons. The molecule has 6 heteroatoms. The number of nitrogens with zero attached hydrogens (tertiary/aromatic N) is 4. The van der Waals surface area contributed by atoms with Gasteiger partial charge in [-0.1, -0.05) is 42.5 Å². The van der Waals surface area contributed by atoms with Crippen LogP contribution in [0.5, 0.6) is 0 Å². The molecule has 0 amide bonds. The van der Waals surface area contributed by atoms with Gasteiger partial charge in [0.2, 0.25) is 0 Å². The highest BCUT2D eigenvalue weighted by molar-refractivity contribution is 5.86. The molecule has 1 aliphatic heterocycles. The van der Waals surface area contributed by atoms with Gasteiger partial charge in [0.25, 0.3) is 5.56 Å². The summed E-state index contributed by atoms with van der Waals surface area (Å²) in [7, 11) is 0. The Morgan fingerprint density at radius 1 is 1.00 bits per heavy atom. The predicted octanol–water partition coefficient (Wildman–Crippen LogP) is 4.55. The first-order valence-corrected chi connectivity index (χ1v) is 10.8. The number of aromatic amines is 1. The summed E-state index contributed by atoms with van der Waals surface area (Å²) in [6.45, 7) is 3.86. The maximum atomic E-state index is 13.5. The van der Waals surface area contributed by atoms with Crippen LogP contribution in [0.4, 0.5) is 5.69 Å². The van der Waals surface area contributed by atoms with Crippen molar-refractivity contribution in [1.82, 2.24) is 19.6 Å². The molecule has 1 saturated heterocycles. The van der Waals surface area contributed by atoms with Crippen LogP contribution in [0.2, 0.25) is 0 Å². The van der Waals surface area contributed by atoms with E-state index in [4.69, 9.17) is 4.98 Å². The fourth-order valence-electron chi connectivity index (χ4n) is 4.25. The highest BCUT2D eigenvalue weighted by Crippen LogP contribution is 2.34. The van der Waals surface area contributed by atoms with Crippen LogP contribution in [-0.4, -0.2) is 32.7 Å². The van der Waals surface area contributed by atoms with Crippen molar-refractivity contribution in [2.75, 3.05) is 18.0 Å². The van der Waals surface area contributed by atoms with Gasteiger partial charge >= 0.3 is 0 Å². The van der Waals surface area contributed by atoms with Crippen LogP contribution < -0.4 is 10.5 Å². The molecular formula is C25H25N5O. The average molecular weight is 412 g/mol. The summed E-state index contributed by atoms with van der Waals surface area (Å²) in [5, 5.41) is 3.37. The average Bonchev–Trinajstić information content (AvgIpc) is 3.20. The van der Waals surface area contributed by atoms with E-state index < -0.39 is 0 Å². The molecule has 1 aliphatic rings. The van der Waals surface area contributed by atoms with Crippen LogP contribution in [0.25, 0.3) is 29.1 Å². The molecule has 1 aromatic carbocycles. The summed E-state index contributed by atoms with van der Waals surface area (Å²) in [4.78, 5) is 24.8. The van der Waals surface area contributed by atoms with Crippen LogP contribution in [0.1, 0.15) is 36.1 Å². The highest BCUT2D eigenvalue weighted by atomic mass is 16.1. The van der Waals surface area contributed by atoms with E-state index in [2.05, 4.69) is 27.1 Å². The summed E-state index contributed by atoms with van der Waals surface area (Å²) in [6.07, 6.45) is 10.8. The zero-order chi connectivity index (χ0) is 21.2. The molecule has 6 nitrogen and oxygen atoms in total. The third kappa shape index (κ3) is 3.65. The summed E-state index contributed by atoms with van der Waals surface area (Å²) in [5.74, 6) is 0. The Bertz CT molecular complexity index is 1280. The van der Waals surface area contributed by atoms with Crippen molar-refractivity contribution in [3.05, 3.63) is 82.0 Å². The van der Waals surface area contributed by atoms with Crippen molar-refractivity contribution in [1.29, 1.82) is 0 Å². The monoisotopic (exact) mass is 411 g/mol. The van der Waals surface area contributed by atoms with Gasteiger partial charge in [0, 0.05) is 31.0 Å². The van der Waals surface area contributed by atoms with Gasteiger partial charge in [-0.25, -0.2) is 4.98 Å². The van der Waals surface area contributed by atoms with E-state index in [0.717, 1.165) is 54.1 Å². The van der Waals surface area contributed by atoms with Gasteiger partial charge in [0.05, 0.1) is 17.0 Å². The van der Waals surface area contributed by atoms with Crippen LogP contribution in [0.15, 0.2) is 59.7 Å². The first kappa shape index (κ1) is 19.3. The van der Waals surface area contributed by atoms with E-state index >= 15 is 0 Å². The number of aryl methyl sites for hydroxylation is 1. The summed E-state index contributed by atoms with van der Waals surface area (Å²) in [5.41, 5.74) is 5.86. The number of benzene rings is 1. The van der Waals surface area contributed by atoms with E-state index in [0.29, 0.717) is 11.2 Å². The number of aromatic nitrogens is 4. The molecule has 31 heavy (non-hydrogen) atoms. The van der Waals surface area contributed by atoms with Gasteiger partial charge in [-0.05, 0) is 43.9 Å². The first-order chi connectivity index (χ1) is 15.2. The van der Waals surface area contributed by atoms with Crippen molar-refractivity contribution >= 4 is 23.5 Å². The number of H-pyrrole nitrogens is 1. The topological polar surface area (TPSA) is 66.3 Å². The lowest BCUT2D eigenvalue weighted by Gasteiger charge is -2.28. The van der Waals surface area contributed by atoms with Crippen LogP contribution in [-0.2, 0) is 0 Å². The molecule has 1 fully saturated rings. The van der Waals surface area contributed by atoms with Gasteiger partial charge in [-0.15, -0.1) is 0 Å². The molecule has 0 bridgehead atoms. The molecular weight excluding hydrogens is 386 g/mol. The largest absolute Gasteiger partial charge is 0.367 e. The van der Waals surface area contributed by atoms with E-state index in [-0.39, 0.29) is 5.56 Å². The van der Waals surface area contributed by atoms with Gasteiger partial charge < -0.3 is 4.90 Å². The fraction of sp³-hybridized carbons (Fsp3) is 0.240. The summed E-state index contributed by atoms with van der Waals surface area (Å²) < 4.78 is 1.60. The number of hydrogen-bond donors (Lipinski definition) is 1. The van der Waals surface area contributed by atoms with Crippen molar-refractivity contribution in [3.8, 4) is 11.3 Å². The maximum Gasteiger partial charge on any atom is 0.280 e. The maximum absolute atomic E-state index is 13.5. The Morgan fingerprint density at radius 3 is 2.55 bits per heavy atom. The molecule has 0 unspecified atom stereocenters. The molecule has 3 aromatic heterocycles. The minimum absolute atomic E-state index is 0.0944. The lowest BCUT2D eigenvalue weighted by atomic mass is 10.1. The molecule has 1 N–H and O–H groups in total. The Kier molecular flexibility index (Phi) is 5.12. The number of pyridine rings is 1. The van der Waals surface area contributed by atoms with Gasteiger partial charge in [0.1, 0.15) is 5.69 Å². The summed E-state index contributed by atoms with van der Waals surface area (Å²) >= 11 is 0. The van der Waals surface area contributed by atoms with Crippen molar-refractivity contribution in [3.63, 3.8) is 0 Å². The Morgan fingerprint density at radius 2 is 1.81 bits per heavy atom. The number of piperidine rings is 1. The second-order valence-electron chi connectivity index (χ2n) is 7.94. The number of hydrogen-bond acceptors (Lipinski definition) is 4. The molecule has 0 aliphatic carbocycles. The SMILES string of the molecule is Cc1nc2c(N3CCCCC3)c(-c3ccccc3)[nH]n2c(=O)c1/C=C/c1cccnc1. The molecule has 0 saturated carbocycles. The van der Waals surface area contributed by atoms with Crippen LogP contribution >= 0.6 is 0 Å². The van der Waals surface area contributed by atoms with Crippen molar-refractivity contribution in [2.45, 2.75) is 26.2 Å². The second kappa shape index (κ2) is 8.22. The fourth-order valence-corrected chi connectivity index (χ4v) is 4.25. The quantitative estimate of drug-likeness (QED) is 0.535. The Hall–Kier alpha value is -3.67. The number of nitrogens with one attached hydrogen (secondary N) is 1. The number of fused-ring (bicyclic) bond motifs is 1. The molecule has 4 aromatic rings. The number of anilines is 1. The van der Waals surface area contributed by atoms with Gasteiger partial charge in [-0.2, -0.15) is 4.52 Å². The molecule has 0 spiro atoms. The van der Waals surface area contributed by atoms with Crippen LogP contribution in [0, 0.1) is 6.92 Å². The smallest absolute Gasteiger partial charge is 0.280 e. The van der Waals surface area contributed by atoms with Gasteiger partial charge in [0.15, 0.2) is 5.65 Å². The zero-order valence-corrected chi connectivity index (χ0v) is 17.6. The third-order valence-corrected chi connectivity index (χ3v) is 5.84. The molecule has 156 valence electrons. The van der Waals surface area contributed by atoms with Crippen molar-refractivity contribution in [2.24, 2.45) is 0 Å². The van der Waals surface area contributed by atoms with E-state index in [9.17, 15) is 4.79 Å². The van der Waals surface area contributed by atoms with E-state index in [1.165, 1.54) is 6.42 Å². The standard InChI is InChI=1S/C25H25N5O/c1-18-21(13-12-19-9-8-14-26-17-19)25(31)30-24(27-18)23(29-15-6-3-7-16-29)22(28-30)20-10-4-2-5-11-20/h2,4-5,8-14,17,28H,3,6-7,15-16H2,1H3/b13-12+. The lowest BCUT2D eigenvalue weighted by molar-refractivity contribution is 0.579. The Balaban J connectivity index is 1.69. The van der Waals surface area contributed by atoms with Gasteiger partial charge in [-0.3, -0.25) is 14.9 Å². The highest BCUT2D eigenvalue weighted by Gasteiger charge is 2.24. The summed E-state index contributed by atoms with van der Waals surface area (Å²) in [6, 6.07) is 14.0. The lowest BCUT2D eigenvalue weighted by Crippen LogP contribution is -2.30. The zero-order valence-electron chi connectivity index (χ0n) is 17.6. The Labute approximate surface area is 180 Å². The normalized spacial score (nSPS) is 14.5. The van der Waals surface area contributed by atoms with E-state index in [1.54, 1.807) is 16.9 Å². The van der Waals surface area contributed by atoms with E-state index in [1.807, 2.05) is 49.4 Å². The first-order valence-electron chi connectivity index (χ1n) is 10.8. The minimum atomic E-state index is -0.0944.